The fourth-order valence-corrected chi connectivity index (χ4v) is 8.65. The number of fused-ring (bicyclic) bond motifs is 8. The standard InChI is InChI=1S/C50H34N2O/c1-3-16-38-34(12-1)14-9-22-44(38)51(48-24-11-20-42-41-19-6-8-25-49(41)53-50(42)48)37-29-26-33(27-30-37)36-28-31-47-43(32-36)40-18-5-7-21-46(40)52(47)45-23-10-15-35-13-2-4-17-39(35)45/h1-32,41,49H. The third-order valence-electron chi connectivity index (χ3n) is 11.1. The van der Waals surface area contributed by atoms with Gasteiger partial charge in [-0.2, -0.15) is 0 Å². The van der Waals surface area contributed by atoms with E-state index < -0.39 is 0 Å². The van der Waals surface area contributed by atoms with Gasteiger partial charge in [0, 0.05) is 38.7 Å². The van der Waals surface area contributed by atoms with E-state index in [1.807, 2.05) is 0 Å². The van der Waals surface area contributed by atoms with Crippen LogP contribution < -0.4 is 9.64 Å². The quantitative estimate of drug-likeness (QED) is 0.180. The molecule has 3 nitrogen and oxygen atoms in total. The highest BCUT2D eigenvalue weighted by atomic mass is 16.5. The molecule has 0 spiro atoms. The molecule has 2 heterocycles. The van der Waals surface area contributed by atoms with Crippen molar-refractivity contribution >= 4 is 60.4 Å². The van der Waals surface area contributed by atoms with E-state index in [2.05, 4.69) is 204 Å². The predicted molar refractivity (Wildman–Crippen MR) is 221 cm³/mol. The Bertz CT molecular complexity index is 2940. The summed E-state index contributed by atoms with van der Waals surface area (Å²) >= 11 is 0. The van der Waals surface area contributed by atoms with Gasteiger partial charge >= 0.3 is 0 Å². The van der Waals surface area contributed by atoms with Crippen LogP contribution in [-0.2, 0) is 0 Å². The Hall–Kier alpha value is -6.84. The van der Waals surface area contributed by atoms with Gasteiger partial charge in [-0.15, -0.1) is 0 Å². The molecule has 0 saturated carbocycles. The Balaban J connectivity index is 1.05. The topological polar surface area (TPSA) is 17.4 Å². The van der Waals surface area contributed by atoms with Crippen molar-refractivity contribution in [3.05, 3.63) is 200 Å². The van der Waals surface area contributed by atoms with Gasteiger partial charge in [0.15, 0.2) is 0 Å². The Kier molecular flexibility index (Phi) is 6.68. The van der Waals surface area contributed by atoms with Crippen molar-refractivity contribution in [1.82, 2.24) is 4.57 Å². The van der Waals surface area contributed by atoms with Gasteiger partial charge in [0.1, 0.15) is 11.9 Å². The first-order valence-electron chi connectivity index (χ1n) is 18.3. The first-order chi connectivity index (χ1) is 26.3. The molecule has 9 aromatic rings. The minimum atomic E-state index is 0.00868. The van der Waals surface area contributed by atoms with Gasteiger partial charge in [-0.3, -0.25) is 0 Å². The van der Waals surface area contributed by atoms with E-state index in [1.54, 1.807) is 0 Å². The van der Waals surface area contributed by atoms with Crippen molar-refractivity contribution in [3.63, 3.8) is 0 Å². The van der Waals surface area contributed by atoms with Crippen molar-refractivity contribution in [1.29, 1.82) is 0 Å². The smallest absolute Gasteiger partial charge is 0.148 e. The monoisotopic (exact) mass is 678 g/mol. The molecule has 1 aromatic heterocycles. The van der Waals surface area contributed by atoms with Gasteiger partial charge < -0.3 is 14.2 Å². The van der Waals surface area contributed by atoms with Crippen LogP contribution in [0.15, 0.2) is 194 Å². The lowest BCUT2D eigenvalue weighted by Gasteiger charge is -2.28. The van der Waals surface area contributed by atoms with Crippen LogP contribution in [0.3, 0.4) is 0 Å². The average molecular weight is 679 g/mol. The molecule has 1 aliphatic heterocycles. The Morgan fingerprint density at radius 1 is 0.472 bits per heavy atom. The number of para-hydroxylation sites is 2. The molecule has 53 heavy (non-hydrogen) atoms. The molecule has 3 heteroatoms. The summed E-state index contributed by atoms with van der Waals surface area (Å²) in [6, 6.07) is 61.7. The van der Waals surface area contributed by atoms with Gasteiger partial charge in [0.2, 0.25) is 0 Å². The van der Waals surface area contributed by atoms with Crippen LogP contribution in [0.4, 0.5) is 17.1 Å². The lowest BCUT2D eigenvalue weighted by molar-refractivity contribution is 0.269. The molecule has 2 unspecified atom stereocenters. The maximum absolute atomic E-state index is 6.72. The lowest BCUT2D eigenvalue weighted by atomic mass is 9.91. The molecule has 0 saturated heterocycles. The third kappa shape index (κ3) is 4.67. The van der Waals surface area contributed by atoms with Crippen molar-refractivity contribution in [2.24, 2.45) is 0 Å². The van der Waals surface area contributed by atoms with Crippen LogP contribution >= 0.6 is 0 Å². The van der Waals surface area contributed by atoms with E-state index in [1.165, 1.54) is 65.7 Å². The van der Waals surface area contributed by atoms with E-state index in [0.717, 1.165) is 22.8 Å². The predicted octanol–water partition coefficient (Wildman–Crippen LogP) is 13.2. The molecule has 250 valence electrons. The van der Waals surface area contributed by atoms with Crippen LogP contribution in [0.1, 0.15) is 11.5 Å². The van der Waals surface area contributed by atoms with Gasteiger partial charge in [0.25, 0.3) is 0 Å². The highest BCUT2D eigenvalue weighted by Gasteiger charge is 2.35. The lowest BCUT2D eigenvalue weighted by Crippen LogP contribution is -2.16. The molecule has 0 N–H and O–H groups in total. The van der Waals surface area contributed by atoms with Crippen molar-refractivity contribution < 1.29 is 4.74 Å². The largest absolute Gasteiger partial charge is 0.483 e. The van der Waals surface area contributed by atoms with Gasteiger partial charge in [-0.05, 0) is 76.5 Å². The first kappa shape index (κ1) is 29.8. The number of benzene rings is 8. The van der Waals surface area contributed by atoms with Gasteiger partial charge in [-0.25, -0.2) is 0 Å². The van der Waals surface area contributed by atoms with Crippen LogP contribution in [0.5, 0.6) is 5.75 Å². The van der Waals surface area contributed by atoms with Crippen LogP contribution in [-0.4, -0.2) is 10.7 Å². The van der Waals surface area contributed by atoms with E-state index in [-0.39, 0.29) is 12.0 Å². The minimum absolute atomic E-state index is 0.00868. The minimum Gasteiger partial charge on any atom is -0.483 e. The highest BCUT2D eigenvalue weighted by molar-refractivity contribution is 6.11. The summed E-state index contributed by atoms with van der Waals surface area (Å²) in [5.74, 6) is 1.16. The molecule has 8 aromatic carbocycles. The molecule has 0 fully saturated rings. The second-order valence-electron chi connectivity index (χ2n) is 14.0. The number of ether oxygens (including phenoxy) is 1. The SMILES string of the molecule is C1=CC2Oc3c(cccc3N(c3ccc(-c4ccc5c(c4)c4ccccc4n5-c4cccc5ccccc45)cc3)c3cccc4ccccc34)C2C=C1. The number of rotatable bonds is 5. The zero-order valence-electron chi connectivity index (χ0n) is 28.9. The molecular formula is C50H34N2O. The maximum atomic E-state index is 6.72. The third-order valence-corrected chi connectivity index (χ3v) is 11.1. The Labute approximate surface area is 307 Å². The number of allylic oxidation sites excluding steroid dienone is 2. The molecule has 2 atom stereocenters. The second-order valence-corrected chi connectivity index (χ2v) is 14.0. The van der Waals surface area contributed by atoms with Crippen molar-refractivity contribution in [3.8, 4) is 22.6 Å². The molecular weight excluding hydrogens is 645 g/mol. The maximum Gasteiger partial charge on any atom is 0.148 e. The molecule has 0 amide bonds. The fraction of sp³-hybridized carbons (Fsp3) is 0.0400. The summed E-state index contributed by atoms with van der Waals surface area (Å²) in [5.41, 5.74) is 10.4. The highest BCUT2D eigenvalue weighted by Crippen LogP contribution is 2.51. The van der Waals surface area contributed by atoms with Crippen LogP contribution in [0, 0.1) is 0 Å². The average Bonchev–Trinajstić information content (AvgIpc) is 3.77. The van der Waals surface area contributed by atoms with E-state index in [9.17, 15) is 0 Å². The Morgan fingerprint density at radius 2 is 1.11 bits per heavy atom. The van der Waals surface area contributed by atoms with Crippen LogP contribution in [0.2, 0.25) is 0 Å². The van der Waals surface area contributed by atoms with Gasteiger partial charge in [0.05, 0.1) is 28.1 Å². The Morgan fingerprint density at radius 3 is 1.98 bits per heavy atom. The summed E-state index contributed by atoms with van der Waals surface area (Å²) in [6.07, 6.45) is 8.66. The summed E-state index contributed by atoms with van der Waals surface area (Å²) in [5, 5.41) is 7.38. The number of aromatic nitrogens is 1. The van der Waals surface area contributed by atoms with Crippen LogP contribution in [0.25, 0.3) is 60.2 Å². The molecule has 11 rings (SSSR count). The number of anilines is 3. The summed E-state index contributed by atoms with van der Waals surface area (Å²) < 4.78 is 9.14. The summed E-state index contributed by atoms with van der Waals surface area (Å²) in [6.45, 7) is 0. The molecule has 0 bridgehead atoms. The number of hydrogen-bond donors (Lipinski definition) is 0. The fourth-order valence-electron chi connectivity index (χ4n) is 8.65. The van der Waals surface area contributed by atoms with Gasteiger partial charge in [-0.1, -0.05) is 140 Å². The number of hydrogen-bond acceptors (Lipinski definition) is 2. The second kappa shape index (κ2) is 11.9. The zero-order valence-corrected chi connectivity index (χ0v) is 28.9. The summed E-state index contributed by atoms with van der Waals surface area (Å²) in [4.78, 5) is 2.37. The molecule has 2 aliphatic rings. The molecule has 1 aliphatic carbocycles. The van der Waals surface area contributed by atoms with E-state index >= 15 is 0 Å². The normalized spacial score (nSPS) is 15.9. The van der Waals surface area contributed by atoms with E-state index in [0.29, 0.717) is 0 Å². The summed E-state index contributed by atoms with van der Waals surface area (Å²) in [7, 11) is 0. The van der Waals surface area contributed by atoms with Crippen molar-refractivity contribution in [2.75, 3.05) is 4.90 Å². The zero-order chi connectivity index (χ0) is 34.9. The molecule has 0 radical (unpaired) electrons. The van der Waals surface area contributed by atoms with E-state index in [4.69, 9.17) is 4.74 Å². The first-order valence-corrected chi connectivity index (χ1v) is 18.3. The number of nitrogens with zero attached hydrogens (tertiary/aromatic N) is 2. The van der Waals surface area contributed by atoms with Crippen molar-refractivity contribution in [2.45, 2.75) is 12.0 Å².